The highest BCUT2D eigenvalue weighted by Gasteiger charge is 2.11. The highest BCUT2D eigenvalue weighted by Crippen LogP contribution is 2.37. The number of halogens is 1. The summed E-state index contributed by atoms with van der Waals surface area (Å²) in [5.74, 6) is 0. The molecule has 106 valence electrons. The molecule has 0 aliphatic heterocycles. The minimum Gasteiger partial charge on any atom is -0.328 e. The SMILES string of the molecule is Cc1ccc(Sc2c(Cl)cccc2CC(C)N)cc1C. The van der Waals surface area contributed by atoms with Crippen LogP contribution in [0.3, 0.4) is 0 Å². The second kappa shape index (κ2) is 6.66. The maximum Gasteiger partial charge on any atom is 0.0548 e. The largest absolute Gasteiger partial charge is 0.328 e. The molecular formula is C17H20ClNS. The average Bonchev–Trinajstić information content (AvgIpc) is 2.37. The fourth-order valence-corrected chi connectivity index (χ4v) is 3.44. The van der Waals surface area contributed by atoms with Crippen LogP contribution in [0.25, 0.3) is 0 Å². The van der Waals surface area contributed by atoms with E-state index in [-0.39, 0.29) is 6.04 Å². The minimum atomic E-state index is 0.132. The van der Waals surface area contributed by atoms with E-state index in [1.165, 1.54) is 21.6 Å². The van der Waals surface area contributed by atoms with Crippen molar-refractivity contribution < 1.29 is 0 Å². The molecule has 0 aliphatic rings. The topological polar surface area (TPSA) is 26.0 Å². The smallest absolute Gasteiger partial charge is 0.0548 e. The molecule has 3 heteroatoms. The number of benzene rings is 2. The lowest BCUT2D eigenvalue weighted by Gasteiger charge is -2.13. The molecule has 20 heavy (non-hydrogen) atoms. The molecule has 0 saturated carbocycles. The van der Waals surface area contributed by atoms with Crippen LogP contribution in [0.5, 0.6) is 0 Å². The number of aryl methyl sites for hydroxylation is 2. The van der Waals surface area contributed by atoms with Crippen LogP contribution < -0.4 is 5.73 Å². The molecule has 0 heterocycles. The third-order valence-corrected chi connectivity index (χ3v) is 4.89. The first kappa shape index (κ1) is 15.4. The molecule has 2 rings (SSSR count). The summed E-state index contributed by atoms with van der Waals surface area (Å²) >= 11 is 8.09. The fourth-order valence-electron chi connectivity index (χ4n) is 2.07. The predicted octanol–water partition coefficient (Wildman–Crippen LogP) is 5.00. The summed E-state index contributed by atoms with van der Waals surface area (Å²) in [5, 5.41) is 0.798. The van der Waals surface area contributed by atoms with Crippen molar-refractivity contribution in [2.24, 2.45) is 5.73 Å². The van der Waals surface area contributed by atoms with Gasteiger partial charge in [0.05, 0.1) is 5.02 Å². The average molecular weight is 306 g/mol. The summed E-state index contributed by atoms with van der Waals surface area (Å²) in [6.45, 7) is 6.28. The van der Waals surface area contributed by atoms with Gasteiger partial charge >= 0.3 is 0 Å². The summed E-state index contributed by atoms with van der Waals surface area (Å²) in [5.41, 5.74) is 9.76. The Labute approximate surface area is 130 Å². The minimum absolute atomic E-state index is 0.132. The molecule has 2 aromatic rings. The maximum absolute atomic E-state index is 6.37. The Morgan fingerprint density at radius 2 is 1.90 bits per heavy atom. The predicted molar refractivity (Wildman–Crippen MR) is 88.8 cm³/mol. The summed E-state index contributed by atoms with van der Waals surface area (Å²) in [4.78, 5) is 2.34. The zero-order valence-electron chi connectivity index (χ0n) is 12.1. The highest BCUT2D eigenvalue weighted by molar-refractivity contribution is 7.99. The van der Waals surface area contributed by atoms with Crippen molar-refractivity contribution in [1.29, 1.82) is 0 Å². The van der Waals surface area contributed by atoms with Gasteiger partial charge in [0.25, 0.3) is 0 Å². The molecule has 2 aromatic carbocycles. The normalized spacial score (nSPS) is 12.4. The monoisotopic (exact) mass is 305 g/mol. The van der Waals surface area contributed by atoms with Gasteiger partial charge in [-0.1, -0.05) is 41.6 Å². The van der Waals surface area contributed by atoms with Crippen LogP contribution in [-0.4, -0.2) is 6.04 Å². The molecule has 0 saturated heterocycles. The Morgan fingerprint density at radius 1 is 1.15 bits per heavy atom. The van der Waals surface area contributed by atoms with E-state index in [2.05, 4.69) is 38.1 Å². The lowest BCUT2D eigenvalue weighted by atomic mass is 10.1. The molecule has 0 bridgehead atoms. The van der Waals surface area contributed by atoms with Gasteiger partial charge in [0.15, 0.2) is 0 Å². The maximum atomic E-state index is 6.37. The molecule has 0 amide bonds. The lowest BCUT2D eigenvalue weighted by molar-refractivity contribution is 0.729. The third-order valence-electron chi connectivity index (χ3n) is 3.29. The third kappa shape index (κ3) is 3.78. The van der Waals surface area contributed by atoms with Crippen LogP contribution in [0.1, 0.15) is 23.6 Å². The van der Waals surface area contributed by atoms with Gasteiger partial charge in [-0.15, -0.1) is 0 Å². The van der Waals surface area contributed by atoms with Gasteiger partial charge in [-0.05, 0) is 62.1 Å². The Hall–Kier alpha value is -0.960. The second-order valence-electron chi connectivity index (χ2n) is 5.26. The molecule has 1 nitrogen and oxygen atoms in total. The van der Waals surface area contributed by atoms with E-state index in [4.69, 9.17) is 17.3 Å². The quantitative estimate of drug-likeness (QED) is 0.860. The summed E-state index contributed by atoms with van der Waals surface area (Å²) in [7, 11) is 0. The first-order valence-electron chi connectivity index (χ1n) is 6.75. The van der Waals surface area contributed by atoms with Crippen molar-refractivity contribution >= 4 is 23.4 Å². The Bertz CT molecular complexity index is 608. The van der Waals surface area contributed by atoms with E-state index >= 15 is 0 Å². The van der Waals surface area contributed by atoms with E-state index in [1.54, 1.807) is 11.8 Å². The van der Waals surface area contributed by atoms with Crippen LogP contribution in [0.2, 0.25) is 5.02 Å². The van der Waals surface area contributed by atoms with Gasteiger partial charge in [-0.3, -0.25) is 0 Å². The molecule has 2 N–H and O–H groups in total. The zero-order valence-corrected chi connectivity index (χ0v) is 13.7. The standard InChI is InChI=1S/C17H20ClNS/c1-11-7-8-15(9-12(11)2)20-17-14(10-13(3)19)5-4-6-16(17)18/h4-9,13H,10,19H2,1-3H3. The molecule has 0 aliphatic carbocycles. The van der Waals surface area contributed by atoms with Gasteiger partial charge in [-0.25, -0.2) is 0 Å². The van der Waals surface area contributed by atoms with E-state index in [0.717, 1.165) is 16.3 Å². The number of rotatable bonds is 4. The van der Waals surface area contributed by atoms with Crippen LogP contribution in [0.15, 0.2) is 46.2 Å². The van der Waals surface area contributed by atoms with Crippen molar-refractivity contribution in [3.05, 3.63) is 58.1 Å². The van der Waals surface area contributed by atoms with Crippen molar-refractivity contribution in [1.82, 2.24) is 0 Å². The van der Waals surface area contributed by atoms with E-state index in [9.17, 15) is 0 Å². The van der Waals surface area contributed by atoms with Crippen molar-refractivity contribution in [3.8, 4) is 0 Å². The van der Waals surface area contributed by atoms with Crippen LogP contribution in [0, 0.1) is 13.8 Å². The Kier molecular flexibility index (Phi) is 5.14. The zero-order chi connectivity index (χ0) is 14.7. The number of hydrogen-bond donors (Lipinski definition) is 1. The second-order valence-corrected chi connectivity index (χ2v) is 6.75. The molecular weight excluding hydrogens is 286 g/mol. The molecule has 0 spiro atoms. The Balaban J connectivity index is 2.34. The van der Waals surface area contributed by atoms with Gasteiger partial charge in [0.2, 0.25) is 0 Å². The van der Waals surface area contributed by atoms with Gasteiger partial charge in [0, 0.05) is 15.8 Å². The highest BCUT2D eigenvalue weighted by atomic mass is 35.5. The van der Waals surface area contributed by atoms with Crippen molar-refractivity contribution in [2.75, 3.05) is 0 Å². The van der Waals surface area contributed by atoms with Crippen LogP contribution in [-0.2, 0) is 6.42 Å². The molecule has 1 atom stereocenters. The van der Waals surface area contributed by atoms with E-state index < -0.39 is 0 Å². The molecule has 1 unspecified atom stereocenters. The van der Waals surface area contributed by atoms with Gasteiger partial charge in [-0.2, -0.15) is 0 Å². The summed E-state index contributed by atoms with van der Waals surface area (Å²) < 4.78 is 0. The van der Waals surface area contributed by atoms with Gasteiger partial charge in [0.1, 0.15) is 0 Å². The Morgan fingerprint density at radius 3 is 2.55 bits per heavy atom. The van der Waals surface area contributed by atoms with Crippen LogP contribution >= 0.6 is 23.4 Å². The fraction of sp³-hybridized carbons (Fsp3) is 0.294. The summed E-state index contributed by atoms with van der Waals surface area (Å²) in [6, 6.07) is 12.7. The number of nitrogens with two attached hydrogens (primary N) is 1. The van der Waals surface area contributed by atoms with Crippen molar-refractivity contribution in [3.63, 3.8) is 0 Å². The molecule has 0 fully saturated rings. The lowest BCUT2D eigenvalue weighted by Crippen LogP contribution is -2.18. The van der Waals surface area contributed by atoms with E-state index in [0.29, 0.717) is 0 Å². The first-order chi connectivity index (χ1) is 9.47. The molecule has 0 aromatic heterocycles. The molecule has 0 radical (unpaired) electrons. The van der Waals surface area contributed by atoms with Gasteiger partial charge < -0.3 is 5.73 Å². The van der Waals surface area contributed by atoms with Crippen molar-refractivity contribution in [2.45, 2.75) is 43.0 Å². The number of hydrogen-bond acceptors (Lipinski definition) is 2. The van der Waals surface area contributed by atoms with E-state index in [1.807, 2.05) is 19.1 Å². The summed E-state index contributed by atoms with van der Waals surface area (Å²) in [6.07, 6.45) is 0.841. The first-order valence-corrected chi connectivity index (χ1v) is 7.95. The van der Waals surface area contributed by atoms with Crippen LogP contribution in [0.4, 0.5) is 0 Å².